The van der Waals surface area contributed by atoms with Gasteiger partial charge in [0.05, 0.1) is 11.9 Å². The number of aryl methyl sites for hydroxylation is 1. The molecule has 21 heavy (non-hydrogen) atoms. The number of hydrogen-bond donors (Lipinski definition) is 2. The smallest absolute Gasteiger partial charge is 0.228 e. The Bertz CT molecular complexity index is 666. The van der Waals surface area contributed by atoms with Crippen molar-refractivity contribution in [1.29, 1.82) is 0 Å². The van der Waals surface area contributed by atoms with Crippen molar-refractivity contribution in [3.63, 3.8) is 0 Å². The van der Waals surface area contributed by atoms with E-state index >= 15 is 0 Å². The van der Waals surface area contributed by atoms with Crippen molar-refractivity contribution in [3.8, 4) is 0 Å². The second-order valence-electron chi connectivity index (χ2n) is 5.28. The van der Waals surface area contributed by atoms with E-state index in [0.29, 0.717) is 10.8 Å². The first-order chi connectivity index (χ1) is 10.1. The van der Waals surface area contributed by atoms with Gasteiger partial charge in [0.25, 0.3) is 0 Å². The van der Waals surface area contributed by atoms with Gasteiger partial charge in [0.1, 0.15) is 5.82 Å². The van der Waals surface area contributed by atoms with Crippen molar-refractivity contribution in [1.82, 2.24) is 4.98 Å². The summed E-state index contributed by atoms with van der Waals surface area (Å²) in [4.78, 5) is 15.9. The molecular formula is C16H16ClN3O. The Morgan fingerprint density at radius 3 is 2.71 bits per heavy atom. The first-order valence-corrected chi connectivity index (χ1v) is 7.30. The lowest BCUT2D eigenvalue weighted by Crippen LogP contribution is -2.14. The molecule has 0 unspecified atom stereocenters. The SMILES string of the molecule is Cc1cc(Cl)ccc1Nc1ccc(NC(=O)C2CC2)nc1. The number of benzene rings is 1. The summed E-state index contributed by atoms with van der Waals surface area (Å²) in [7, 11) is 0. The highest BCUT2D eigenvalue weighted by atomic mass is 35.5. The highest BCUT2D eigenvalue weighted by Gasteiger charge is 2.29. The summed E-state index contributed by atoms with van der Waals surface area (Å²) in [5.74, 6) is 0.836. The molecule has 3 rings (SSSR count). The van der Waals surface area contributed by atoms with Gasteiger partial charge in [0.2, 0.25) is 5.91 Å². The van der Waals surface area contributed by atoms with Crippen molar-refractivity contribution in [2.75, 3.05) is 10.6 Å². The second kappa shape index (κ2) is 5.74. The third-order valence-electron chi connectivity index (χ3n) is 3.43. The van der Waals surface area contributed by atoms with Crippen molar-refractivity contribution in [2.24, 2.45) is 5.92 Å². The summed E-state index contributed by atoms with van der Waals surface area (Å²) in [5.41, 5.74) is 2.91. The minimum absolute atomic E-state index is 0.0664. The van der Waals surface area contributed by atoms with E-state index in [0.717, 1.165) is 29.8 Å². The molecule has 1 fully saturated rings. The maximum absolute atomic E-state index is 11.6. The average Bonchev–Trinajstić information content (AvgIpc) is 3.28. The molecule has 1 aromatic heterocycles. The van der Waals surface area contributed by atoms with Crippen molar-refractivity contribution in [3.05, 3.63) is 47.1 Å². The Hall–Kier alpha value is -2.07. The molecule has 1 heterocycles. The second-order valence-corrected chi connectivity index (χ2v) is 5.72. The van der Waals surface area contributed by atoms with Crippen LogP contribution in [0.5, 0.6) is 0 Å². The Morgan fingerprint density at radius 2 is 2.10 bits per heavy atom. The summed E-state index contributed by atoms with van der Waals surface area (Å²) < 4.78 is 0. The van der Waals surface area contributed by atoms with E-state index in [1.165, 1.54) is 0 Å². The molecule has 1 aliphatic rings. The molecular weight excluding hydrogens is 286 g/mol. The number of carbonyl (C=O) groups excluding carboxylic acids is 1. The van der Waals surface area contributed by atoms with E-state index in [1.807, 2.05) is 31.2 Å². The van der Waals surface area contributed by atoms with Gasteiger partial charge in [-0.1, -0.05) is 11.6 Å². The van der Waals surface area contributed by atoms with E-state index in [9.17, 15) is 4.79 Å². The molecule has 1 amide bonds. The van der Waals surface area contributed by atoms with Crippen LogP contribution >= 0.6 is 11.6 Å². The number of rotatable bonds is 4. The predicted molar refractivity (Wildman–Crippen MR) is 85.1 cm³/mol. The molecule has 0 atom stereocenters. The van der Waals surface area contributed by atoms with Gasteiger partial charge in [0.15, 0.2) is 0 Å². The highest BCUT2D eigenvalue weighted by Crippen LogP contribution is 2.30. The van der Waals surface area contributed by atoms with Gasteiger partial charge in [-0.15, -0.1) is 0 Å². The van der Waals surface area contributed by atoms with Gasteiger partial charge in [-0.2, -0.15) is 0 Å². The molecule has 4 nitrogen and oxygen atoms in total. The van der Waals surface area contributed by atoms with Gasteiger partial charge in [-0.25, -0.2) is 4.98 Å². The maximum atomic E-state index is 11.6. The average molecular weight is 302 g/mol. The van der Waals surface area contributed by atoms with E-state index < -0.39 is 0 Å². The topological polar surface area (TPSA) is 54.0 Å². The molecule has 2 aromatic rings. The van der Waals surface area contributed by atoms with Gasteiger partial charge in [-0.3, -0.25) is 4.79 Å². The van der Waals surface area contributed by atoms with Crippen molar-refractivity contribution < 1.29 is 4.79 Å². The number of aromatic nitrogens is 1. The minimum atomic E-state index is 0.0664. The lowest BCUT2D eigenvalue weighted by Gasteiger charge is -2.10. The quantitative estimate of drug-likeness (QED) is 0.892. The zero-order valence-electron chi connectivity index (χ0n) is 11.7. The molecule has 1 saturated carbocycles. The van der Waals surface area contributed by atoms with E-state index in [2.05, 4.69) is 15.6 Å². The molecule has 0 saturated heterocycles. The van der Waals surface area contributed by atoms with Gasteiger partial charge < -0.3 is 10.6 Å². The Labute approximate surface area is 128 Å². The van der Waals surface area contributed by atoms with Gasteiger partial charge in [-0.05, 0) is 55.7 Å². The Balaban J connectivity index is 1.67. The number of carbonyl (C=O) groups is 1. The van der Waals surface area contributed by atoms with E-state index in [1.54, 1.807) is 12.3 Å². The highest BCUT2D eigenvalue weighted by molar-refractivity contribution is 6.30. The van der Waals surface area contributed by atoms with Crippen LogP contribution in [-0.2, 0) is 4.79 Å². The number of hydrogen-bond acceptors (Lipinski definition) is 3. The van der Waals surface area contributed by atoms with Crippen LogP contribution in [0.2, 0.25) is 5.02 Å². The fourth-order valence-electron chi connectivity index (χ4n) is 2.04. The number of halogens is 1. The van der Waals surface area contributed by atoms with Crippen LogP contribution in [0, 0.1) is 12.8 Å². The van der Waals surface area contributed by atoms with Crippen LogP contribution in [0.3, 0.4) is 0 Å². The fourth-order valence-corrected chi connectivity index (χ4v) is 2.27. The van der Waals surface area contributed by atoms with Crippen LogP contribution in [0.1, 0.15) is 18.4 Å². The standard InChI is InChI=1S/C16H16ClN3O/c1-10-8-12(17)4-6-14(10)19-13-5-7-15(18-9-13)20-16(21)11-2-3-11/h4-9,11,19H,2-3H2,1H3,(H,18,20,21). The number of pyridine rings is 1. The summed E-state index contributed by atoms with van der Waals surface area (Å²) in [5, 5.41) is 6.82. The van der Waals surface area contributed by atoms with Gasteiger partial charge >= 0.3 is 0 Å². The van der Waals surface area contributed by atoms with Crippen LogP contribution < -0.4 is 10.6 Å². The minimum Gasteiger partial charge on any atom is -0.354 e. The first kappa shape index (κ1) is 13.9. The molecule has 0 spiro atoms. The number of nitrogens with zero attached hydrogens (tertiary/aromatic N) is 1. The summed E-state index contributed by atoms with van der Waals surface area (Å²) in [6.07, 6.45) is 3.68. The summed E-state index contributed by atoms with van der Waals surface area (Å²) in [6, 6.07) is 9.37. The van der Waals surface area contributed by atoms with Crippen molar-refractivity contribution >= 4 is 34.7 Å². The van der Waals surface area contributed by atoms with Crippen LogP contribution in [0.15, 0.2) is 36.5 Å². The monoisotopic (exact) mass is 301 g/mol. The lowest BCUT2D eigenvalue weighted by atomic mass is 10.2. The molecule has 0 bridgehead atoms. The molecule has 1 aliphatic carbocycles. The molecule has 2 N–H and O–H groups in total. The Morgan fingerprint density at radius 1 is 1.29 bits per heavy atom. The van der Waals surface area contributed by atoms with E-state index in [-0.39, 0.29) is 11.8 Å². The predicted octanol–water partition coefficient (Wildman–Crippen LogP) is 4.14. The maximum Gasteiger partial charge on any atom is 0.228 e. The molecule has 0 aliphatic heterocycles. The van der Waals surface area contributed by atoms with Crippen molar-refractivity contribution in [2.45, 2.75) is 19.8 Å². The van der Waals surface area contributed by atoms with E-state index in [4.69, 9.17) is 11.6 Å². The van der Waals surface area contributed by atoms with Crippen LogP contribution in [-0.4, -0.2) is 10.9 Å². The molecule has 0 radical (unpaired) electrons. The van der Waals surface area contributed by atoms with Crippen LogP contribution in [0.4, 0.5) is 17.2 Å². The molecule has 5 heteroatoms. The summed E-state index contributed by atoms with van der Waals surface area (Å²) in [6.45, 7) is 1.99. The zero-order valence-corrected chi connectivity index (χ0v) is 12.4. The fraction of sp³-hybridized carbons (Fsp3) is 0.250. The first-order valence-electron chi connectivity index (χ1n) is 6.92. The zero-order chi connectivity index (χ0) is 14.8. The number of amides is 1. The Kier molecular flexibility index (Phi) is 3.80. The van der Waals surface area contributed by atoms with Gasteiger partial charge in [0, 0.05) is 16.6 Å². The third-order valence-corrected chi connectivity index (χ3v) is 3.67. The lowest BCUT2D eigenvalue weighted by molar-refractivity contribution is -0.117. The normalized spacial score (nSPS) is 13.8. The third kappa shape index (κ3) is 3.52. The largest absolute Gasteiger partial charge is 0.354 e. The van der Waals surface area contributed by atoms with Crippen LogP contribution in [0.25, 0.3) is 0 Å². The molecule has 108 valence electrons. The summed E-state index contributed by atoms with van der Waals surface area (Å²) >= 11 is 5.94. The number of anilines is 3. The number of nitrogens with one attached hydrogen (secondary N) is 2. The molecule has 1 aromatic carbocycles.